The molecular formula is C18H26F2N2O4. The minimum atomic E-state index is -1.21. The normalized spacial score (nSPS) is 30.6. The molecule has 0 aliphatic carbocycles. The maximum Gasteiger partial charge on any atom is 0.131 e. The second-order valence-corrected chi connectivity index (χ2v) is 7.02. The Hall–Kier alpha value is -1.32. The van der Waals surface area contributed by atoms with Crippen LogP contribution < -0.4 is 4.90 Å². The van der Waals surface area contributed by atoms with Crippen molar-refractivity contribution in [2.75, 3.05) is 44.3 Å². The molecule has 0 radical (unpaired) electrons. The predicted molar refractivity (Wildman–Crippen MR) is 92.1 cm³/mol. The smallest absolute Gasteiger partial charge is 0.131 e. The molecule has 26 heavy (non-hydrogen) atoms. The monoisotopic (exact) mass is 372 g/mol. The number of aliphatic hydroxyl groups is 3. The number of halogens is 2. The van der Waals surface area contributed by atoms with Gasteiger partial charge in [0.15, 0.2) is 0 Å². The van der Waals surface area contributed by atoms with E-state index in [0.717, 1.165) is 0 Å². The van der Waals surface area contributed by atoms with E-state index < -0.39 is 36.0 Å². The number of aliphatic hydroxyl groups excluding tert-OH is 3. The molecule has 0 amide bonds. The predicted octanol–water partition coefficient (Wildman–Crippen LogP) is 0.131. The van der Waals surface area contributed by atoms with Gasteiger partial charge in [-0.2, -0.15) is 0 Å². The first-order chi connectivity index (χ1) is 12.4. The van der Waals surface area contributed by atoms with Gasteiger partial charge >= 0.3 is 0 Å². The lowest BCUT2D eigenvalue weighted by Crippen LogP contribution is -2.60. The van der Waals surface area contributed by atoms with Crippen LogP contribution in [0.2, 0.25) is 0 Å². The fourth-order valence-corrected chi connectivity index (χ4v) is 3.63. The summed E-state index contributed by atoms with van der Waals surface area (Å²) in [5.41, 5.74) is 0.497. The Bertz CT molecular complexity index is 604. The summed E-state index contributed by atoms with van der Waals surface area (Å²) in [4.78, 5) is 3.62. The number of ether oxygens (including phenoxy) is 1. The molecule has 0 spiro atoms. The van der Waals surface area contributed by atoms with Crippen LogP contribution in [0.1, 0.15) is 12.5 Å². The quantitative estimate of drug-likeness (QED) is 0.698. The second kappa shape index (κ2) is 8.14. The van der Waals surface area contributed by atoms with Crippen LogP contribution >= 0.6 is 0 Å². The zero-order chi connectivity index (χ0) is 18.8. The minimum Gasteiger partial charge on any atom is -0.389 e. The van der Waals surface area contributed by atoms with Gasteiger partial charge in [-0.05, 0) is 25.5 Å². The lowest BCUT2D eigenvalue weighted by atomic mass is 9.94. The molecule has 0 bridgehead atoms. The average Bonchev–Trinajstić information content (AvgIpc) is 2.63. The van der Waals surface area contributed by atoms with Crippen molar-refractivity contribution in [2.45, 2.75) is 37.7 Å². The van der Waals surface area contributed by atoms with E-state index >= 15 is 0 Å². The van der Waals surface area contributed by atoms with Gasteiger partial charge in [-0.25, -0.2) is 8.78 Å². The summed E-state index contributed by atoms with van der Waals surface area (Å²) in [5, 5.41) is 29.5. The van der Waals surface area contributed by atoms with Gasteiger partial charge in [0.2, 0.25) is 0 Å². The molecule has 0 aromatic heterocycles. The van der Waals surface area contributed by atoms with Crippen molar-refractivity contribution in [1.82, 2.24) is 4.90 Å². The summed E-state index contributed by atoms with van der Waals surface area (Å²) in [5.74, 6) is -1.20. The van der Waals surface area contributed by atoms with Crippen LogP contribution in [0.5, 0.6) is 0 Å². The zero-order valence-electron chi connectivity index (χ0n) is 14.8. The third-order valence-corrected chi connectivity index (χ3v) is 5.39. The fraction of sp³-hybridized carbons (Fsp3) is 0.667. The SMILES string of the molecule is C[C@@H]1[C@@H](O)[C@H](O)[C@@H](O)CN1CCc1c(F)cc(N2CCOCC2)cc1F. The summed E-state index contributed by atoms with van der Waals surface area (Å²) in [6.45, 7) is 4.40. The Morgan fingerprint density at radius 3 is 2.31 bits per heavy atom. The third-order valence-electron chi connectivity index (χ3n) is 5.39. The topological polar surface area (TPSA) is 76.4 Å². The lowest BCUT2D eigenvalue weighted by Gasteiger charge is -2.42. The van der Waals surface area contributed by atoms with Crippen LogP contribution in [-0.2, 0) is 11.2 Å². The van der Waals surface area contributed by atoms with E-state index in [9.17, 15) is 24.1 Å². The molecule has 2 aliphatic rings. The number of morpholine rings is 1. The lowest BCUT2D eigenvalue weighted by molar-refractivity contribution is -0.132. The number of anilines is 1. The number of hydrogen-bond acceptors (Lipinski definition) is 6. The van der Waals surface area contributed by atoms with Crippen LogP contribution in [0.25, 0.3) is 0 Å². The van der Waals surface area contributed by atoms with Crippen LogP contribution in [0.15, 0.2) is 12.1 Å². The van der Waals surface area contributed by atoms with E-state index in [1.54, 1.807) is 11.8 Å². The van der Waals surface area contributed by atoms with Crippen molar-refractivity contribution in [3.05, 3.63) is 29.3 Å². The molecule has 6 nitrogen and oxygen atoms in total. The van der Waals surface area contributed by atoms with Gasteiger partial charge in [-0.1, -0.05) is 0 Å². The Morgan fingerprint density at radius 1 is 1.08 bits per heavy atom. The maximum atomic E-state index is 14.5. The number of hydrogen-bond donors (Lipinski definition) is 3. The van der Waals surface area contributed by atoms with E-state index in [0.29, 0.717) is 32.0 Å². The molecule has 3 N–H and O–H groups in total. The van der Waals surface area contributed by atoms with Crippen LogP contribution in [0.4, 0.5) is 14.5 Å². The molecule has 4 atom stereocenters. The van der Waals surface area contributed by atoms with Crippen molar-refractivity contribution in [2.24, 2.45) is 0 Å². The molecule has 2 saturated heterocycles. The standard InChI is InChI=1S/C18H26F2N2O4/c1-11-17(24)18(25)16(23)10-22(11)3-2-13-14(19)8-12(9-15(13)20)21-4-6-26-7-5-21/h8-9,11,16-18,23-25H,2-7,10H2,1H3/t11-,16+,17-,18-/m1/s1. The van der Waals surface area contributed by atoms with Gasteiger partial charge in [0, 0.05) is 43.5 Å². The Morgan fingerprint density at radius 2 is 1.69 bits per heavy atom. The van der Waals surface area contributed by atoms with Gasteiger partial charge in [-0.15, -0.1) is 0 Å². The second-order valence-electron chi connectivity index (χ2n) is 7.02. The summed E-state index contributed by atoms with van der Waals surface area (Å²) >= 11 is 0. The summed E-state index contributed by atoms with van der Waals surface area (Å²) in [7, 11) is 0. The molecular weight excluding hydrogens is 346 g/mol. The highest BCUT2D eigenvalue weighted by Gasteiger charge is 2.38. The van der Waals surface area contributed by atoms with Crippen molar-refractivity contribution in [3.63, 3.8) is 0 Å². The first-order valence-electron chi connectivity index (χ1n) is 8.97. The van der Waals surface area contributed by atoms with Crippen molar-refractivity contribution >= 4 is 5.69 Å². The Labute approximate surface area is 151 Å². The average molecular weight is 372 g/mol. The van der Waals surface area contributed by atoms with Gasteiger partial charge < -0.3 is 25.0 Å². The van der Waals surface area contributed by atoms with Crippen LogP contribution in [0, 0.1) is 11.6 Å². The number of rotatable bonds is 4. The molecule has 1 aromatic rings. The summed E-state index contributed by atoms with van der Waals surface area (Å²) in [6, 6.07) is 2.28. The van der Waals surface area contributed by atoms with Gasteiger partial charge in [-0.3, -0.25) is 4.90 Å². The van der Waals surface area contributed by atoms with Crippen LogP contribution in [0.3, 0.4) is 0 Å². The molecule has 2 fully saturated rings. The van der Waals surface area contributed by atoms with Gasteiger partial charge in [0.05, 0.1) is 25.4 Å². The van der Waals surface area contributed by atoms with Crippen molar-refractivity contribution < 1.29 is 28.8 Å². The highest BCUT2D eigenvalue weighted by Crippen LogP contribution is 2.25. The Kier molecular flexibility index (Phi) is 6.09. The summed E-state index contributed by atoms with van der Waals surface area (Å²) < 4.78 is 34.2. The molecule has 146 valence electrons. The first kappa shape index (κ1) is 19.4. The molecule has 0 saturated carbocycles. The number of likely N-dealkylation sites (tertiary alicyclic amines) is 1. The summed E-state index contributed by atoms with van der Waals surface area (Å²) in [6.07, 6.45) is -3.28. The van der Waals surface area contributed by atoms with E-state index in [1.165, 1.54) is 12.1 Å². The first-order valence-corrected chi connectivity index (χ1v) is 8.97. The maximum absolute atomic E-state index is 14.5. The molecule has 2 aliphatic heterocycles. The number of β-amino-alcohol motifs (C(OH)–C–C–N with tert-alkyl or cyclic N) is 1. The third kappa shape index (κ3) is 3.99. The van der Waals surface area contributed by atoms with Crippen molar-refractivity contribution in [1.29, 1.82) is 0 Å². The van der Waals surface area contributed by atoms with Gasteiger partial charge in [0.25, 0.3) is 0 Å². The number of nitrogens with zero attached hydrogens (tertiary/aromatic N) is 2. The molecule has 8 heteroatoms. The minimum absolute atomic E-state index is 0.00990. The highest BCUT2D eigenvalue weighted by atomic mass is 19.1. The molecule has 1 aromatic carbocycles. The molecule has 3 rings (SSSR count). The van der Waals surface area contributed by atoms with Crippen molar-refractivity contribution in [3.8, 4) is 0 Å². The van der Waals surface area contributed by atoms with E-state index in [2.05, 4.69) is 0 Å². The number of benzene rings is 1. The zero-order valence-corrected chi connectivity index (χ0v) is 14.8. The van der Waals surface area contributed by atoms with E-state index in [1.807, 2.05) is 4.90 Å². The van der Waals surface area contributed by atoms with E-state index in [-0.39, 0.29) is 25.1 Å². The highest BCUT2D eigenvalue weighted by molar-refractivity contribution is 5.49. The largest absolute Gasteiger partial charge is 0.389 e. The number of piperidine rings is 1. The Balaban J connectivity index is 1.68. The molecule has 2 heterocycles. The van der Waals surface area contributed by atoms with Crippen LogP contribution in [-0.4, -0.2) is 84.0 Å². The van der Waals surface area contributed by atoms with E-state index in [4.69, 9.17) is 4.74 Å². The fourth-order valence-electron chi connectivity index (χ4n) is 3.63. The molecule has 0 unspecified atom stereocenters. The van der Waals surface area contributed by atoms with Gasteiger partial charge in [0.1, 0.15) is 17.7 Å².